The van der Waals surface area contributed by atoms with Crippen LogP contribution in [0.2, 0.25) is 0 Å². The molecule has 0 spiro atoms. The van der Waals surface area contributed by atoms with Gasteiger partial charge >= 0.3 is 0 Å². The molecule has 0 unspecified atom stereocenters. The Morgan fingerprint density at radius 2 is 2.00 bits per heavy atom. The molecule has 1 aromatic rings. The molecule has 1 rings (SSSR count). The Bertz CT molecular complexity index is 314. The summed E-state index contributed by atoms with van der Waals surface area (Å²) < 4.78 is 0. The van der Waals surface area contributed by atoms with Crippen LogP contribution in [0.5, 0.6) is 0 Å². The predicted molar refractivity (Wildman–Crippen MR) is 62.6 cm³/mol. The quantitative estimate of drug-likeness (QED) is 0.730. The molecule has 0 fully saturated rings. The van der Waals surface area contributed by atoms with Gasteiger partial charge in [0.25, 0.3) is 0 Å². The van der Waals surface area contributed by atoms with E-state index in [1.54, 1.807) is 4.90 Å². The first kappa shape index (κ1) is 12.7. The van der Waals surface area contributed by atoms with E-state index >= 15 is 0 Å². The van der Waals surface area contributed by atoms with Crippen molar-refractivity contribution in [2.75, 3.05) is 19.7 Å². The van der Waals surface area contributed by atoms with E-state index in [0.29, 0.717) is 26.1 Å². The Morgan fingerprint density at radius 3 is 2.56 bits per heavy atom. The fourth-order valence-electron chi connectivity index (χ4n) is 1.50. The third-order valence-electron chi connectivity index (χ3n) is 2.30. The lowest BCUT2D eigenvalue weighted by atomic mass is 10.2. The first-order chi connectivity index (χ1) is 7.77. The van der Waals surface area contributed by atoms with E-state index in [4.69, 9.17) is 10.8 Å². The molecule has 1 aromatic carbocycles. The maximum Gasteiger partial charge on any atom is 0.224 e. The topological polar surface area (TPSA) is 66.6 Å². The summed E-state index contributed by atoms with van der Waals surface area (Å²) in [6, 6.07) is 9.71. The molecule has 0 heterocycles. The van der Waals surface area contributed by atoms with Crippen LogP contribution in [0, 0.1) is 0 Å². The Labute approximate surface area is 95.7 Å². The molecule has 3 N–H and O–H groups in total. The van der Waals surface area contributed by atoms with Crippen molar-refractivity contribution < 1.29 is 9.90 Å². The summed E-state index contributed by atoms with van der Waals surface area (Å²) in [6.07, 6.45) is 0.326. The molecule has 1 amide bonds. The van der Waals surface area contributed by atoms with Gasteiger partial charge < -0.3 is 15.7 Å². The standard InChI is InChI=1S/C12H18N2O2/c13-7-6-12(16)14(8-9-15)10-11-4-2-1-3-5-11/h1-5,15H,6-10,13H2. The number of nitrogens with zero attached hydrogens (tertiary/aromatic N) is 1. The summed E-state index contributed by atoms with van der Waals surface area (Å²) in [5.74, 6) is -0.0135. The van der Waals surface area contributed by atoms with Gasteiger partial charge in [0.05, 0.1) is 6.61 Å². The number of aliphatic hydroxyl groups is 1. The second-order valence-electron chi connectivity index (χ2n) is 3.56. The lowest BCUT2D eigenvalue weighted by molar-refractivity contribution is -0.132. The number of carbonyl (C=O) groups excluding carboxylic acids is 1. The van der Waals surface area contributed by atoms with Crippen molar-refractivity contribution in [3.63, 3.8) is 0 Å². The molecule has 88 valence electrons. The highest BCUT2D eigenvalue weighted by Gasteiger charge is 2.11. The first-order valence-electron chi connectivity index (χ1n) is 5.40. The number of nitrogens with two attached hydrogens (primary N) is 1. The van der Waals surface area contributed by atoms with E-state index < -0.39 is 0 Å². The van der Waals surface area contributed by atoms with Crippen LogP contribution in [0.3, 0.4) is 0 Å². The summed E-state index contributed by atoms with van der Waals surface area (Å²) in [4.78, 5) is 13.3. The van der Waals surface area contributed by atoms with E-state index in [1.807, 2.05) is 30.3 Å². The molecule has 0 aromatic heterocycles. The lowest BCUT2D eigenvalue weighted by Crippen LogP contribution is -2.34. The highest BCUT2D eigenvalue weighted by Crippen LogP contribution is 2.05. The van der Waals surface area contributed by atoms with Gasteiger partial charge in [0.15, 0.2) is 0 Å². The Hall–Kier alpha value is -1.39. The zero-order valence-corrected chi connectivity index (χ0v) is 9.30. The molecule has 0 atom stereocenters. The minimum atomic E-state index is -0.0247. The molecule has 0 radical (unpaired) electrons. The third-order valence-corrected chi connectivity index (χ3v) is 2.30. The third kappa shape index (κ3) is 4.00. The van der Waals surface area contributed by atoms with Crippen LogP contribution in [0.15, 0.2) is 30.3 Å². The van der Waals surface area contributed by atoms with Gasteiger partial charge in [0, 0.05) is 26.1 Å². The predicted octanol–water partition coefficient (Wildman–Crippen LogP) is 0.356. The van der Waals surface area contributed by atoms with Crippen LogP contribution in [-0.4, -0.2) is 35.6 Å². The molecule has 16 heavy (non-hydrogen) atoms. The number of hydrogen-bond donors (Lipinski definition) is 2. The normalized spacial score (nSPS) is 10.1. The van der Waals surface area contributed by atoms with Crippen molar-refractivity contribution in [1.82, 2.24) is 4.90 Å². The molecular formula is C12H18N2O2. The monoisotopic (exact) mass is 222 g/mol. The fraction of sp³-hybridized carbons (Fsp3) is 0.417. The summed E-state index contributed by atoms with van der Waals surface area (Å²) in [5, 5.41) is 8.91. The largest absolute Gasteiger partial charge is 0.395 e. The fourth-order valence-corrected chi connectivity index (χ4v) is 1.50. The molecule has 0 bridgehead atoms. The van der Waals surface area contributed by atoms with Crippen molar-refractivity contribution in [3.8, 4) is 0 Å². The number of benzene rings is 1. The van der Waals surface area contributed by atoms with Crippen molar-refractivity contribution in [2.24, 2.45) is 5.73 Å². The zero-order valence-electron chi connectivity index (χ0n) is 9.30. The van der Waals surface area contributed by atoms with Crippen LogP contribution >= 0.6 is 0 Å². The smallest absolute Gasteiger partial charge is 0.224 e. The number of carbonyl (C=O) groups is 1. The van der Waals surface area contributed by atoms with Gasteiger partial charge in [-0.3, -0.25) is 4.79 Å². The lowest BCUT2D eigenvalue weighted by Gasteiger charge is -2.21. The molecule has 0 saturated heterocycles. The molecule has 0 aliphatic rings. The van der Waals surface area contributed by atoms with Crippen molar-refractivity contribution in [1.29, 1.82) is 0 Å². The number of aliphatic hydroxyl groups excluding tert-OH is 1. The van der Waals surface area contributed by atoms with Gasteiger partial charge in [-0.15, -0.1) is 0 Å². The average Bonchev–Trinajstić information content (AvgIpc) is 2.30. The van der Waals surface area contributed by atoms with Crippen LogP contribution in [0.1, 0.15) is 12.0 Å². The second kappa shape index (κ2) is 6.98. The van der Waals surface area contributed by atoms with Gasteiger partial charge in [0.1, 0.15) is 0 Å². The molecule has 4 nitrogen and oxygen atoms in total. The van der Waals surface area contributed by atoms with Crippen molar-refractivity contribution >= 4 is 5.91 Å². The summed E-state index contributed by atoms with van der Waals surface area (Å²) in [5.41, 5.74) is 6.40. The van der Waals surface area contributed by atoms with Gasteiger partial charge in [-0.2, -0.15) is 0 Å². The Morgan fingerprint density at radius 1 is 1.31 bits per heavy atom. The average molecular weight is 222 g/mol. The molecule has 0 saturated carbocycles. The van der Waals surface area contributed by atoms with Gasteiger partial charge in [0.2, 0.25) is 5.91 Å². The van der Waals surface area contributed by atoms with Gasteiger partial charge in [-0.1, -0.05) is 30.3 Å². The number of amides is 1. The highest BCUT2D eigenvalue weighted by molar-refractivity contribution is 5.76. The van der Waals surface area contributed by atoms with Gasteiger partial charge in [-0.05, 0) is 5.56 Å². The minimum absolute atomic E-state index is 0.0135. The van der Waals surface area contributed by atoms with Crippen LogP contribution in [0.4, 0.5) is 0 Å². The van der Waals surface area contributed by atoms with Crippen LogP contribution < -0.4 is 5.73 Å². The van der Waals surface area contributed by atoms with E-state index in [2.05, 4.69) is 0 Å². The van der Waals surface area contributed by atoms with E-state index in [1.165, 1.54) is 0 Å². The summed E-state index contributed by atoms with van der Waals surface area (Å²) >= 11 is 0. The van der Waals surface area contributed by atoms with Gasteiger partial charge in [-0.25, -0.2) is 0 Å². The Kier molecular flexibility index (Phi) is 5.53. The summed E-state index contributed by atoms with van der Waals surface area (Å²) in [6.45, 7) is 1.20. The summed E-state index contributed by atoms with van der Waals surface area (Å²) in [7, 11) is 0. The van der Waals surface area contributed by atoms with E-state index in [9.17, 15) is 4.79 Å². The maximum atomic E-state index is 11.7. The van der Waals surface area contributed by atoms with Crippen molar-refractivity contribution in [2.45, 2.75) is 13.0 Å². The highest BCUT2D eigenvalue weighted by atomic mass is 16.3. The second-order valence-corrected chi connectivity index (χ2v) is 3.56. The molecule has 0 aliphatic heterocycles. The van der Waals surface area contributed by atoms with Crippen LogP contribution in [-0.2, 0) is 11.3 Å². The molecule has 4 heteroatoms. The molecule has 0 aliphatic carbocycles. The minimum Gasteiger partial charge on any atom is -0.395 e. The Balaban J connectivity index is 2.60. The number of hydrogen-bond acceptors (Lipinski definition) is 3. The van der Waals surface area contributed by atoms with Crippen molar-refractivity contribution in [3.05, 3.63) is 35.9 Å². The molecular weight excluding hydrogens is 204 g/mol. The zero-order chi connectivity index (χ0) is 11.8. The van der Waals surface area contributed by atoms with E-state index in [-0.39, 0.29) is 12.5 Å². The SMILES string of the molecule is NCCC(=O)N(CCO)Cc1ccccc1. The van der Waals surface area contributed by atoms with E-state index in [0.717, 1.165) is 5.56 Å². The maximum absolute atomic E-state index is 11.7. The first-order valence-corrected chi connectivity index (χ1v) is 5.40. The van der Waals surface area contributed by atoms with Crippen LogP contribution in [0.25, 0.3) is 0 Å². The number of rotatable bonds is 6.